The molecule has 1 atom stereocenters. The third-order valence-electron chi connectivity index (χ3n) is 4.84. The van der Waals surface area contributed by atoms with E-state index in [-0.39, 0.29) is 24.3 Å². The number of benzene rings is 1. The van der Waals surface area contributed by atoms with E-state index in [0.29, 0.717) is 25.6 Å². The molecule has 26 heavy (non-hydrogen) atoms. The van der Waals surface area contributed by atoms with Gasteiger partial charge in [0.2, 0.25) is 11.8 Å². The van der Waals surface area contributed by atoms with Gasteiger partial charge in [0.15, 0.2) is 0 Å². The van der Waals surface area contributed by atoms with Gasteiger partial charge in [0.1, 0.15) is 0 Å². The van der Waals surface area contributed by atoms with Gasteiger partial charge in [0.05, 0.1) is 12.7 Å². The lowest BCUT2D eigenvalue weighted by Gasteiger charge is -2.21. The van der Waals surface area contributed by atoms with Crippen LogP contribution < -0.4 is 0 Å². The minimum Gasteiger partial charge on any atom is -0.340 e. The van der Waals surface area contributed by atoms with Gasteiger partial charge in [-0.05, 0) is 19.4 Å². The number of aromatic nitrogens is 2. The summed E-state index contributed by atoms with van der Waals surface area (Å²) in [6.45, 7) is 5.36. The fraction of sp³-hybridized carbons (Fsp3) is 0.450. The Balaban J connectivity index is 1.56. The summed E-state index contributed by atoms with van der Waals surface area (Å²) in [5, 5.41) is 4.30. The van der Waals surface area contributed by atoms with Crippen molar-refractivity contribution in [2.45, 2.75) is 38.8 Å². The zero-order chi connectivity index (χ0) is 18.7. The molecular weight excluding hydrogens is 328 g/mol. The maximum absolute atomic E-state index is 12.5. The number of nitrogens with zero attached hydrogens (tertiary/aromatic N) is 4. The molecule has 1 saturated heterocycles. The van der Waals surface area contributed by atoms with Gasteiger partial charge in [-0.1, -0.05) is 30.3 Å². The van der Waals surface area contributed by atoms with Crippen LogP contribution in [0.5, 0.6) is 0 Å². The van der Waals surface area contributed by atoms with Crippen molar-refractivity contribution in [3.63, 3.8) is 0 Å². The minimum absolute atomic E-state index is 0.0493. The summed E-state index contributed by atoms with van der Waals surface area (Å²) < 4.78 is 1.88. The van der Waals surface area contributed by atoms with Gasteiger partial charge < -0.3 is 9.80 Å². The highest BCUT2D eigenvalue weighted by Crippen LogP contribution is 2.27. The maximum Gasteiger partial charge on any atom is 0.242 e. The summed E-state index contributed by atoms with van der Waals surface area (Å²) in [5.74, 6) is 0.170. The van der Waals surface area contributed by atoms with Crippen LogP contribution in [0.25, 0.3) is 0 Å². The van der Waals surface area contributed by atoms with Crippen molar-refractivity contribution >= 4 is 11.8 Å². The van der Waals surface area contributed by atoms with Gasteiger partial charge in [0.25, 0.3) is 0 Å². The number of hydrogen-bond acceptors (Lipinski definition) is 3. The molecule has 1 aliphatic heterocycles. The van der Waals surface area contributed by atoms with Crippen LogP contribution in [0.4, 0.5) is 0 Å². The zero-order valence-electron chi connectivity index (χ0n) is 15.6. The second-order valence-corrected chi connectivity index (χ2v) is 7.26. The first-order chi connectivity index (χ1) is 12.4. The van der Waals surface area contributed by atoms with Gasteiger partial charge in [-0.25, -0.2) is 0 Å². The summed E-state index contributed by atoms with van der Waals surface area (Å²) in [6.07, 6.45) is 4.22. The number of carbonyl (C=O) groups excluding carboxylic acids is 2. The number of amides is 2. The monoisotopic (exact) mass is 354 g/mol. The molecule has 0 radical (unpaired) electrons. The first-order valence-corrected chi connectivity index (χ1v) is 9.03. The highest BCUT2D eigenvalue weighted by Gasteiger charge is 2.32. The van der Waals surface area contributed by atoms with Crippen LogP contribution in [-0.4, -0.2) is 51.5 Å². The minimum atomic E-state index is -0.0515. The molecule has 1 aromatic carbocycles. The van der Waals surface area contributed by atoms with Crippen LogP contribution >= 0.6 is 0 Å². The van der Waals surface area contributed by atoms with E-state index in [1.165, 1.54) is 0 Å². The van der Waals surface area contributed by atoms with Crippen molar-refractivity contribution in [1.82, 2.24) is 19.6 Å². The fourth-order valence-electron chi connectivity index (χ4n) is 3.26. The van der Waals surface area contributed by atoms with Crippen LogP contribution in [-0.2, 0) is 16.1 Å². The Morgan fingerprint density at radius 2 is 2.04 bits per heavy atom. The molecule has 0 N–H and O–H groups in total. The highest BCUT2D eigenvalue weighted by molar-refractivity contribution is 5.86. The van der Waals surface area contributed by atoms with E-state index in [1.807, 2.05) is 41.2 Å². The molecule has 6 heteroatoms. The largest absolute Gasteiger partial charge is 0.340 e. The first kappa shape index (κ1) is 18.2. The van der Waals surface area contributed by atoms with Gasteiger partial charge in [0, 0.05) is 50.3 Å². The summed E-state index contributed by atoms with van der Waals surface area (Å²) in [7, 11) is 1.77. The van der Waals surface area contributed by atoms with E-state index >= 15 is 0 Å². The van der Waals surface area contributed by atoms with Crippen molar-refractivity contribution < 1.29 is 9.59 Å². The second-order valence-electron chi connectivity index (χ2n) is 7.26. The summed E-state index contributed by atoms with van der Waals surface area (Å²) in [4.78, 5) is 28.2. The lowest BCUT2D eigenvalue weighted by Crippen LogP contribution is -2.38. The molecule has 2 aromatic rings. The van der Waals surface area contributed by atoms with E-state index in [1.54, 1.807) is 23.0 Å². The Morgan fingerprint density at radius 1 is 1.31 bits per heavy atom. The topological polar surface area (TPSA) is 58.4 Å². The van der Waals surface area contributed by atoms with Crippen molar-refractivity contribution in [2.75, 3.05) is 20.1 Å². The Kier molecular flexibility index (Phi) is 5.40. The molecule has 2 heterocycles. The SMILES string of the molecule is CC(C)n1cc(CN(C)C(=O)CN2C[C@@H](c3ccccc3)CC2=O)cn1. The van der Waals surface area contributed by atoms with Gasteiger partial charge in [-0.2, -0.15) is 5.10 Å². The fourth-order valence-corrected chi connectivity index (χ4v) is 3.26. The number of likely N-dealkylation sites (tertiary alicyclic amines) is 1. The maximum atomic E-state index is 12.5. The van der Waals surface area contributed by atoms with Crippen LogP contribution in [0, 0.1) is 0 Å². The molecule has 0 unspecified atom stereocenters. The molecule has 6 nitrogen and oxygen atoms in total. The Labute approximate surface area is 154 Å². The quantitative estimate of drug-likeness (QED) is 0.801. The zero-order valence-corrected chi connectivity index (χ0v) is 15.6. The van der Waals surface area contributed by atoms with E-state index in [0.717, 1.165) is 11.1 Å². The molecule has 0 saturated carbocycles. The number of rotatable bonds is 6. The molecule has 0 aliphatic carbocycles. The van der Waals surface area contributed by atoms with E-state index < -0.39 is 0 Å². The average molecular weight is 354 g/mol. The highest BCUT2D eigenvalue weighted by atomic mass is 16.2. The van der Waals surface area contributed by atoms with Crippen molar-refractivity contribution in [3.8, 4) is 0 Å². The van der Waals surface area contributed by atoms with Crippen LogP contribution in [0.3, 0.4) is 0 Å². The third kappa shape index (κ3) is 4.12. The van der Waals surface area contributed by atoms with Crippen molar-refractivity contribution in [2.24, 2.45) is 0 Å². The van der Waals surface area contributed by atoms with E-state index in [2.05, 4.69) is 18.9 Å². The number of likely N-dealkylation sites (N-methyl/N-ethyl adjacent to an activating group) is 1. The summed E-state index contributed by atoms with van der Waals surface area (Å²) in [5.41, 5.74) is 2.15. The molecule has 2 amide bonds. The summed E-state index contributed by atoms with van der Waals surface area (Å²) in [6, 6.07) is 10.3. The Bertz CT molecular complexity index is 769. The predicted octanol–water partition coefficient (Wildman–Crippen LogP) is 2.44. The molecule has 138 valence electrons. The Morgan fingerprint density at radius 3 is 2.69 bits per heavy atom. The molecule has 0 bridgehead atoms. The molecule has 0 spiro atoms. The van der Waals surface area contributed by atoms with E-state index in [9.17, 15) is 9.59 Å². The number of carbonyl (C=O) groups is 2. The summed E-state index contributed by atoms with van der Waals surface area (Å²) >= 11 is 0. The normalized spacial score (nSPS) is 17.2. The number of hydrogen-bond donors (Lipinski definition) is 0. The molecule has 1 fully saturated rings. The smallest absolute Gasteiger partial charge is 0.242 e. The van der Waals surface area contributed by atoms with Gasteiger partial charge >= 0.3 is 0 Å². The lowest BCUT2D eigenvalue weighted by atomic mass is 9.99. The van der Waals surface area contributed by atoms with Crippen LogP contribution in [0.2, 0.25) is 0 Å². The van der Waals surface area contributed by atoms with Crippen molar-refractivity contribution in [3.05, 3.63) is 53.9 Å². The molecule has 1 aromatic heterocycles. The standard InChI is InChI=1S/C20H26N4O2/c1-15(2)24-12-16(10-21-24)11-22(3)20(26)14-23-13-18(9-19(23)25)17-7-5-4-6-8-17/h4-8,10,12,15,18H,9,11,13-14H2,1-3H3/t18-/m0/s1. The van der Waals surface area contributed by atoms with Gasteiger partial charge in [-0.15, -0.1) is 0 Å². The average Bonchev–Trinajstić information content (AvgIpc) is 3.23. The Hall–Kier alpha value is -2.63. The van der Waals surface area contributed by atoms with Crippen molar-refractivity contribution in [1.29, 1.82) is 0 Å². The molecule has 3 rings (SSSR count). The molecular formula is C20H26N4O2. The van der Waals surface area contributed by atoms with E-state index in [4.69, 9.17) is 0 Å². The van der Waals surface area contributed by atoms with Crippen LogP contribution in [0.15, 0.2) is 42.7 Å². The second kappa shape index (κ2) is 7.72. The lowest BCUT2D eigenvalue weighted by molar-refractivity contribution is -0.137. The van der Waals surface area contributed by atoms with Gasteiger partial charge in [-0.3, -0.25) is 14.3 Å². The first-order valence-electron chi connectivity index (χ1n) is 9.03. The molecule has 1 aliphatic rings. The predicted molar refractivity (Wildman–Crippen MR) is 99.5 cm³/mol. The van der Waals surface area contributed by atoms with Crippen LogP contribution in [0.1, 0.15) is 43.4 Å². The third-order valence-corrected chi connectivity index (χ3v) is 4.84.